The molecule has 1 N–H and O–H groups in total. The van der Waals surface area contributed by atoms with Gasteiger partial charge in [0.2, 0.25) is 6.10 Å². The summed E-state index contributed by atoms with van der Waals surface area (Å²) < 4.78 is 18.3. The number of benzene rings is 2. The molecule has 0 spiro atoms. The predicted molar refractivity (Wildman–Crippen MR) is 94.3 cm³/mol. The Morgan fingerprint density at radius 1 is 1.04 bits per heavy atom. The van der Waals surface area contributed by atoms with Gasteiger partial charge in [-0.3, -0.25) is 4.79 Å². The van der Waals surface area contributed by atoms with Gasteiger partial charge in [-0.05, 0) is 31.2 Å². The Bertz CT molecular complexity index is 767. The predicted octanol–water partition coefficient (Wildman–Crippen LogP) is 4.18. The molecule has 0 heterocycles. The average Bonchev–Trinajstić information content (AvgIpc) is 2.62. The standard InChI is InChI=1S/C20H18FNO3/c1-2-3-5-10-18(23)25-19(15-8-6-4-7-9-15)20(24)22-17-13-11-16(21)12-14-17/h2-14,19H,1H3,(H,22,24)/b3-2+,10-5+/t19-/m1/s1. The van der Waals surface area contributed by atoms with E-state index >= 15 is 0 Å². The van der Waals surface area contributed by atoms with Crippen molar-refractivity contribution in [2.45, 2.75) is 13.0 Å². The van der Waals surface area contributed by atoms with E-state index in [-0.39, 0.29) is 0 Å². The summed E-state index contributed by atoms with van der Waals surface area (Å²) in [6.45, 7) is 1.82. The molecular weight excluding hydrogens is 321 g/mol. The first-order chi connectivity index (χ1) is 12.1. The van der Waals surface area contributed by atoms with Gasteiger partial charge in [-0.15, -0.1) is 0 Å². The van der Waals surface area contributed by atoms with Gasteiger partial charge in [0.05, 0.1) is 0 Å². The lowest BCUT2D eigenvalue weighted by molar-refractivity contribution is -0.149. The number of esters is 1. The van der Waals surface area contributed by atoms with Crippen molar-refractivity contribution in [3.8, 4) is 0 Å². The number of rotatable bonds is 6. The van der Waals surface area contributed by atoms with Crippen LogP contribution < -0.4 is 5.32 Å². The molecule has 0 fully saturated rings. The number of hydrogen-bond donors (Lipinski definition) is 1. The highest BCUT2D eigenvalue weighted by molar-refractivity contribution is 5.96. The first-order valence-electron chi connectivity index (χ1n) is 7.71. The van der Waals surface area contributed by atoms with Crippen LogP contribution in [-0.4, -0.2) is 11.9 Å². The summed E-state index contributed by atoms with van der Waals surface area (Å²) in [6.07, 6.45) is 5.09. The van der Waals surface area contributed by atoms with E-state index in [1.165, 1.54) is 36.4 Å². The van der Waals surface area contributed by atoms with Crippen LogP contribution in [0.25, 0.3) is 0 Å². The van der Waals surface area contributed by atoms with Gasteiger partial charge in [-0.25, -0.2) is 9.18 Å². The number of halogens is 1. The van der Waals surface area contributed by atoms with Gasteiger partial charge < -0.3 is 10.1 Å². The van der Waals surface area contributed by atoms with E-state index in [0.29, 0.717) is 11.3 Å². The molecule has 0 aliphatic heterocycles. The van der Waals surface area contributed by atoms with Crippen molar-refractivity contribution in [2.75, 3.05) is 5.32 Å². The van der Waals surface area contributed by atoms with Crippen LogP contribution in [0.1, 0.15) is 18.6 Å². The van der Waals surface area contributed by atoms with E-state index in [1.54, 1.807) is 42.5 Å². The number of carbonyl (C=O) groups is 2. The molecule has 1 atom stereocenters. The molecule has 0 radical (unpaired) electrons. The molecule has 2 rings (SSSR count). The van der Waals surface area contributed by atoms with Gasteiger partial charge >= 0.3 is 5.97 Å². The van der Waals surface area contributed by atoms with Crippen molar-refractivity contribution in [2.24, 2.45) is 0 Å². The fraction of sp³-hybridized carbons (Fsp3) is 0.100. The van der Waals surface area contributed by atoms with Crippen molar-refractivity contribution in [1.82, 2.24) is 0 Å². The Morgan fingerprint density at radius 3 is 2.36 bits per heavy atom. The quantitative estimate of drug-likeness (QED) is 0.488. The molecule has 5 heteroatoms. The minimum Gasteiger partial charge on any atom is -0.444 e. The average molecular weight is 339 g/mol. The highest BCUT2D eigenvalue weighted by Gasteiger charge is 2.24. The molecule has 2 aromatic carbocycles. The lowest BCUT2D eigenvalue weighted by atomic mass is 10.1. The smallest absolute Gasteiger partial charge is 0.331 e. The Hall–Kier alpha value is -3.21. The number of allylic oxidation sites excluding steroid dienone is 3. The second-order valence-corrected chi connectivity index (χ2v) is 5.11. The fourth-order valence-electron chi connectivity index (χ4n) is 2.04. The number of anilines is 1. The maximum Gasteiger partial charge on any atom is 0.331 e. The second kappa shape index (κ2) is 9.17. The number of ether oxygens (including phenoxy) is 1. The monoisotopic (exact) mass is 339 g/mol. The van der Waals surface area contributed by atoms with Crippen LogP contribution in [0.4, 0.5) is 10.1 Å². The first kappa shape index (κ1) is 18.1. The molecule has 2 aromatic rings. The van der Waals surface area contributed by atoms with Crippen LogP contribution in [0.5, 0.6) is 0 Å². The summed E-state index contributed by atoms with van der Waals surface area (Å²) in [4.78, 5) is 24.5. The Balaban J connectivity index is 2.17. The Kier molecular flexibility index (Phi) is 6.65. The Morgan fingerprint density at radius 2 is 1.72 bits per heavy atom. The molecule has 128 valence electrons. The molecule has 0 aliphatic carbocycles. The van der Waals surface area contributed by atoms with E-state index in [9.17, 15) is 14.0 Å². The molecule has 0 bridgehead atoms. The van der Waals surface area contributed by atoms with Crippen molar-refractivity contribution in [1.29, 1.82) is 0 Å². The van der Waals surface area contributed by atoms with E-state index in [0.717, 1.165) is 0 Å². The van der Waals surface area contributed by atoms with Crippen molar-refractivity contribution >= 4 is 17.6 Å². The van der Waals surface area contributed by atoms with Gasteiger partial charge in [0.25, 0.3) is 5.91 Å². The molecule has 0 aliphatic rings. The van der Waals surface area contributed by atoms with E-state index in [4.69, 9.17) is 4.74 Å². The van der Waals surface area contributed by atoms with Gasteiger partial charge in [0.1, 0.15) is 5.82 Å². The molecular formula is C20H18FNO3. The third-order valence-corrected chi connectivity index (χ3v) is 3.22. The SMILES string of the molecule is C/C=C/C=C/C(=O)O[C@@H](C(=O)Nc1ccc(F)cc1)c1ccccc1. The summed E-state index contributed by atoms with van der Waals surface area (Å²) in [5, 5.41) is 2.62. The topological polar surface area (TPSA) is 55.4 Å². The normalized spacial score (nSPS) is 12.2. The largest absolute Gasteiger partial charge is 0.444 e. The van der Waals surface area contributed by atoms with E-state index in [1.807, 2.05) is 6.92 Å². The third-order valence-electron chi connectivity index (χ3n) is 3.22. The molecule has 0 saturated carbocycles. The van der Waals surface area contributed by atoms with Crippen molar-refractivity contribution in [3.63, 3.8) is 0 Å². The number of carbonyl (C=O) groups excluding carboxylic acids is 2. The van der Waals surface area contributed by atoms with Crippen LogP contribution >= 0.6 is 0 Å². The summed E-state index contributed by atoms with van der Waals surface area (Å²) in [7, 11) is 0. The summed E-state index contributed by atoms with van der Waals surface area (Å²) in [5.74, 6) is -1.56. The van der Waals surface area contributed by atoms with E-state index < -0.39 is 23.8 Å². The van der Waals surface area contributed by atoms with Crippen molar-refractivity contribution in [3.05, 3.63) is 90.3 Å². The first-order valence-corrected chi connectivity index (χ1v) is 7.71. The van der Waals surface area contributed by atoms with Crippen LogP contribution in [0.2, 0.25) is 0 Å². The lowest BCUT2D eigenvalue weighted by Gasteiger charge is -2.17. The van der Waals surface area contributed by atoms with Gasteiger partial charge in [-0.2, -0.15) is 0 Å². The molecule has 4 nitrogen and oxygen atoms in total. The molecule has 0 aromatic heterocycles. The second-order valence-electron chi connectivity index (χ2n) is 5.11. The van der Waals surface area contributed by atoms with Crippen LogP contribution in [-0.2, 0) is 14.3 Å². The summed E-state index contributed by atoms with van der Waals surface area (Å²) >= 11 is 0. The van der Waals surface area contributed by atoms with Gasteiger partial charge in [-0.1, -0.05) is 48.6 Å². The molecule has 25 heavy (non-hydrogen) atoms. The van der Waals surface area contributed by atoms with E-state index in [2.05, 4.69) is 5.32 Å². The zero-order chi connectivity index (χ0) is 18.1. The summed E-state index contributed by atoms with van der Waals surface area (Å²) in [6, 6.07) is 14.0. The van der Waals surface area contributed by atoms with Crippen LogP contribution in [0, 0.1) is 5.82 Å². The molecule has 0 saturated heterocycles. The zero-order valence-electron chi connectivity index (χ0n) is 13.7. The molecule has 1 amide bonds. The third kappa shape index (κ3) is 5.73. The van der Waals surface area contributed by atoms with Gasteiger partial charge in [0.15, 0.2) is 0 Å². The minimum atomic E-state index is -1.12. The maximum absolute atomic E-state index is 13.0. The number of hydrogen-bond acceptors (Lipinski definition) is 3. The lowest BCUT2D eigenvalue weighted by Crippen LogP contribution is -2.25. The summed E-state index contributed by atoms with van der Waals surface area (Å²) in [5.41, 5.74) is 0.947. The number of amides is 1. The minimum absolute atomic E-state index is 0.404. The van der Waals surface area contributed by atoms with Crippen molar-refractivity contribution < 1.29 is 18.7 Å². The van der Waals surface area contributed by atoms with Crippen LogP contribution in [0.3, 0.4) is 0 Å². The van der Waals surface area contributed by atoms with Gasteiger partial charge in [0, 0.05) is 17.3 Å². The fourth-order valence-corrected chi connectivity index (χ4v) is 2.04. The number of nitrogens with one attached hydrogen (secondary N) is 1. The van der Waals surface area contributed by atoms with Crippen LogP contribution in [0.15, 0.2) is 78.9 Å². The zero-order valence-corrected chi connectivity index (χ0v) is 13.7. The maximum atomic E-state index is 13.0. The molecule has 0 unspecified atom stereocenters. The highest BCUT2D eigenvalue weighted by atomic mass is 19.1. The highest BCUT2D eigenvalue weighted by Crippen LogP contribution is 2.20. The Labute approximate surface area is 145 Å².